The van der Waals surface area contributed by atoms with Crippen LogP contribution in [0.15, 0.2) is 51.4 Å². The van der Waals surface area contributed by atoms with E-state index in [1.807, 2.05) is 56.3 Å². The Hall–Kier alpha value is -3.61. The number of amides is 1. The van der Waals surface area contributed by atoms with E-state index in [1.165, 1.54) is 0 Å². The summed E-state index contributed by atoms with van der Waals surface area (Å²) in [6.07, 6.45) is 0. The Morgan fingerprint density at radius 3 is 2.79 bits per heavy atom. The van der Waals surface area contributed by atoms with E-state index < -0.39 is 5.91 Å². The molecule has 0 fully saturated rings. The SMILES string of the molecule is COc1cccc(CNC(=O)c2nc(-c3oc4c(C)cccc4c3C)no2)c1. The number of aromatic nitrogens is 2. The van der Waals surface area contributed by atoms with E-state index in [9.17, 15) is 4.79 Å². The van der Waals surface area contributed by atoms with Crippen molar-refractivity contribution in [2.24, 2.45) is 0 Å². The van der Waals surface area contributed by atoms with Crippen LogP contribution < -0.4 is 10.1 Å². The van der Waals surface area contributed by atoms with Crippen LogP contribution >= 0.6 is 0 Å². The highest BCUT2D eigenvalue weighted by molar-refractivity contribution is 5.91. The van der Waals surface area contributed by atoms with Gasteiger partial charge in [0, 0.05) is 17.5 Å². The number of furan rings is 1. The fraction of sp³-hybridized carbons (Fsp3) is 0.190. The summed E-state index contributed by atoms with van der Waals surface area (Å²) in [6, 6.07) is 13.4. The first-order valence-corrected chi connectivity index (χ1v) is 8.80. The molecule has 0 spiro atoms. The molecule has 0 saturated heterocycles. The lowest BCUT2D eigenvalue weighted by Crippen LogP contribution is -2.23. The van der Waals surface area contributed by atoms with Crippen LogP contribution in [-0.4, -0.2) is 23.2 Å². The van der Waals surface area contributed by atoms with Gasteiger partial charge in [0.15, 0.2) is 5.76 Å². The number of ether oxygens (including phenoxy) is 1. The molecule has 0 bridgehead atoms. The van der Waals surface area contributed by atoms with Gasteiger partial charge in [-0.1, -0.05) is 35.5 Å². The Bertz CT molecular complexity index is 1160. The molecule has 1 N–H and O–H groups in total. The number of carbonyl (C=O) groups is 1. The fourth-order valence-corrected chi connectivity index (χ4v) is 3.05. The van der Waals surface area contributed by atoms with Gasteiger partial charge in [0.05, 0.1) is 7.11 Å². The summed E-state index contributed by atoms with van der Waals surface area (Å²) in [6.45, 7) is 4.22. The van der Waals surface area contributed by atoms with Gasteiger partial charge >= 0.3 is 11.8 Å². The Balaban J connectivity index is 1.53. The third-order valence-corrected chi connectivity index (χ3v) is 4.57. The van der Waals surface area contributed by atoms with E-state index in [2.05, 4.69) is 15.5 Å². The van der Waals surface area contributed by atoms with Crippen molar-refractivity contribution in [3.05, 3.63) is 65.0 Å². The molecule has 7 heteroatoms. The number of hydrogen-bond donors (Lipinski definition) is 1. The van der Waals surface area contributed by atoms with Crippen LogP contribution in [0.2, 0.25) is 0 Å². The van der Waals surface area contributed by atoms with Gasteiger partial charge in [0.1, 0.15) is 11.3 Å². The smallest absolute Gasteiger partial charge is 0.316 e. The maximum Gasteiger partial charge on any atom is 0.316 e. The zero-order chi connectivity index (χ0) is 19.7. The Kier molecular flexibility index (Phi) is 4.57. The van der Waals surface area contributed by atoms with Crippen LogP contribution in [0.1, 0.15) is 27.4 Å². The highest BCUT2D eigenvalue weighted by Gasteiger charge is 2.21. The molecule has 0 aliphatic heterocycles. The zero-order valence-corrected chi connectivity index (χ0v) is 15.8. The molecule has 2 aromatic carbocycles. The van der Waals surface area contributed by atoms with Crippen LogP contribution in [0.4, 0.5) is 0 Å². The fourth-order valence-electron chi connectivity index (χ4n) is 3.05. The second-order valence-corrected chi connectivity index (χ2v) is 6.47. The molecule has 4 aromatic rings. The molecular formula is C21H19N3O4. The van der Waals surface area contributed by atoms with E-state index in [1.54, 1.807) is 7.11 Å². The van der Waals surface area contributed by atoms with Gasteiger partial charge in [-0.15, -0.1) is 0 Å². The lowest BCUT2D eigenvalue weighted by molar-refractivity contribution is 0.0907. The van der Waals surface area contributed by atoms with Crippen molar-refractivity contribution >= 4 is 16.9 Å². The number of carbonyl (C=O) groups excluding carboxylic acids is 1. The summed E-state index contributed by atoms with van der Waals surface area (Å²) >= 11 is 0. The molecule has 28 heavy (non-hydrogen) atoms. The number of para-hydroxylation sites is 1. The largest absolute Gasteiger partial charge is 0.497 e. The van der Waals surface area contributed by atoms with Crippen molar-refractivity contribution in [1.29, 1.82) is 0 Å². The first-order valence-electron chi connectivity index (χ1n) is 8.80. The molecule has 2 aromatic heterocycles. The number of aryl methyl sites for hydroxylation is 2. The van der Waals surface area contributed by atoms with E-state index in [0.29, 0.717) is 12.3 Å². The average Bonchev–Trinajstić information content (AvgIpc) is 3.32. The number of rotatable bonds is 5. The highest BCUT2D eigenvalue weighted by Crippen LogP contribution is 2.33. The predicted octanol–water partition coefficient (Wildman–Crippen LogP) is 4.04. The standard InChI is InChI=1S/C21H19N3O4/c1-12-6-4-9-16-13(2)18(27-17(12)16)19-23-21(28-24-19)20(25)22-11-14-7-5-8-15(10-14)26-3/h4-10H,11H2,1-3H3,(H,22,25). The molecule has 7 nitrogen and oxygen atoms in total. The number of benzene rings is 2. The molecule has 0 saturated carbocycles. The van der Waals surface area contributed by atoms with Crippen molar-refractivity contribution in [2.75, 3.05) is 7.11 Å². The van der Waals surface area contributed by atoms with Gasteiger partial charge in [-0.25, -0.2) is 0 Å². The van der Waals surface area contributed by atoms with Crippen molar-refractivity contribution in [3.63, 3.8) is 0 Å². The van der Waals surface area contributed by atoms with Crippen LogP contribution in [-0.2, 0) is 6.54 Å². The van der Waals surface area contributed by atoms with Gasteiger partial charge < -0.3 is 19.0 Å². The van der Waals surface area contributed by atoms with Crippen LogP contribution in [0.25, 0.3) is 22.6 Å². The monoisotopic (exact) mass is 377 g/mol. The third kappa shape index (κ3) is 3.22. The lowest BCUT2D eigenvalue weighted by atomic mass is 10.1. The molecule has 0 radical (unpaired) electrons. The molecule has 2 heterocycles. The van der Waals surface area contributed by atoms with Gasteiger partial charge in [-0.3, -0.25) is 4.79 Å². The Morgan fingerprint density at radius 2 is 2.00 bits per heavy atom. The molecule has 142 valence electrons. The first kappa shape index (κ1) is 17.8. The zero-order valence-electron chi connectivity index (χ0n) is 15.8. The first-order chi connectivity index (χ1) is 13.6. The van der Waals surface area contributed by atoms with Crippen LogP contribution in [0.3, 0.4) is 0 Å². The predicted molar refractivity (Wildman–Crippen MR) is 103 cm³/mol. The summed E-state index contributed by atoms with van der Waals surface area (Å²) in [5.41, 5.74) is 3.61. The number of fused-ring (bicyclic) bond motifs is 1. The van der Waals surface area contributed by atoms with E-state index in [0.717, 1.165) is 33.4 Å². The normalized spacial score (nSPS) is 11.0. The van der Waals surface area contributed by atoms with Gasteiger partial charge in [-0.2, -0.15) is 4.98 Å². The topological polar surface area (TPSA) is 90.4 Å². The summed E-state index contributed by atoms with van der Waals surface area (Å²) < 4.78 is 16.2. The molecule has 0 aliphatic rings. The maximum atomic E-state index is 12.4. The van der Waals surface area contributed by atoms with Gasteiger partial charge in [0.2, 0.25) is 5.82 Å². The van der Waals surface area contributed by atoms with E-state index in [-0.39, 0.29) is 11.7 Å². The second kappa shape index (κ2) is 7.19. The van der Waals surface area contributed by atoms with Crippen molar-refractivity contribution in [2.45, 2.75) is 20.4 Å². The van der Waals surface area contributed by atoms with Crippen molar-refractivity contribution < 1.29 is 18.5 Å². The minimum Gasteiger partial charge on any atom is -0.497 e. The summed E-state index contributed by atoms with van der Waals surface area (Å²) in [5, 5.41) is 7.66. The van der Waals surface area contributed by atoms with Crippen LogP contribution in [0, 0.1) is 13.8 Å². The molecular weight excluding hydrogens is 358 g/mol. The Morgan fingerprint density at radius 1 is 1.18 bits per heavy atom. The van der Waals surface area contributed by atoms with Gasteiger partial charge in [0.25, 0.3) is 0 Å². The molecule has 0 unspecified atom stereocenters. The second-order valence-electron chi connectivity index (χ2n) is 6.47. The van der Waals surface area contributed by atoms with Crippen molar-refractivity contribution in [3.8, 4) is 17.3 Å². The highest BCUT2D eigenvalue weighted by atomic mass is 16.5. The molecule has 4 rings (SSSR count). The van der Waals surface area contributed by atoms with Gasteiger partial charge in [-0.05, 0) is 37.1 Å². The number of hydrogen-bond acceptors (Lipinski definition) is 6. The van der Waals surface area contributed by atoms with Crippen molar-refractivity contribution in [1.82, 2.24) is 15.5 Å². The summed E-state index contributed by atoms with van der Waals surface area (Å²) in [5.74, 6) is 0.906. The molecule has 0 atom stereocenters. The quantitative estimate of drug-likeness (QED) is 0.564. The molecule has 0 aliphatic carbocycles. The van der Waals surface area contributed by atoms with Crippen LogP contribution in [0.5, 0.6) is 5.75 Å². The number of nitrogens with zero attached hydrogens (tertiary/aromatic N) is 2. The summed E-state index contributed by atoms with van der Waals surface area (Å²) in [7, 11) is 1.60. The number of methoxy groups -OCH3 is 1. The Labute approximate surface area is 161 Å². The molecule has 1 amide bonds. The minimum absolute atomic E-state index is 0.116. The minimum atomic E-state index is -0.452. The average molecular weight is 377 g/mol. The lowest BCUT2D eigenvalue weighted by Gasteiger charge is -2.04. The maximum absolute atomic E-state index is 12.4. The third-order valence-electron chi connectivity index (χ3n) is 4.57. The van der Waals surface area contributed by atoms with E-state index in [4.69, 9.17) is 13.7 Å². The summed E-state index contributed by atoms with van der Waals surface area (Å²) in [4.78, 5) is 16.6. The van der Waals surface area contributed by atoms with E-state index >= 15 is 0 Å². The number of nitrogens with one attached hydrogen (secondary N) is 1.